The average molecular weight is 307 g/mol. The molecule has 0 atom stereocenters. The van der Waals surface area contributed by atoms with Crippen LogP contribution in [-0.4, -0.2) is 41.4 Å². The summed E-state index contributed by atoms with van der Waals surface area (Å²) in [6.45, 7) is -2.32. The van der Waals surface area contributed by atoms with Crippen molar-refractivity contribution in [1.29, 1.82) is 0 Å². The van der Waals surface area contributed by atoms with Crippen molar-refractivity contribution in [2.75, 3.05) is 24.6 Å². The van der Waals surface area contributed by atoms with Crippen LogP contribution in [0.25, 0.3) is 0 Å². The number of nitrogens with zero attached hydrogens (tertiary/aromatic N) is 3. The van der Waals surface area contributed by atoms with Gasteiger partial charge in [0.2, 0.25) is 0 Å². The number of aromatic nitrogens is 1. The molecule has 0 aromatic carbocycles. The maximum atomic E-state index is 13.3. The van der Waals surface area contributed by atoms with E-state index in [0.29, 0.717) is 16.9 Å². The molecule has 0 N–H and O–H groups in total. The van der Waals surface area contributed by atoms with Crippen LogP contribution in [0.15, 0.2) is 6.07 Å². The van der Waals surface area contributed by atoms with Gasteiger partial charge in [0.25, 0.3) is 5.82 Å². The van der Waals surface area contributed by atoms with Crippen LogP contribution in [0.1, 0.15) is 5.56 Å². The van der Waals surface area contributed by atoms with Crippen molar-refractivity contribution in [2.24, 2.45) is 0 Å². The lowest BCUT2D eigenvalue weighted by molar-refractivity contribution is -0.389. The van der Waals surface area contributed by atoms with Crippen LogP contribution in [0.3, 0.4) is 0 Å². The molecule has 1 saturated heterocycles. The van der Waals surface area contributed by atoms with Crippen molar-refractivity contribution in [3.8, 4) is 5.75 Å². The largest absolute Gasteiger partial charge is 0.487 e. The lowest BCUT2D eigenvalue weighted by atomic mass is 10.2. The third-order valence-electron chi connectivity index (χ3n) is 3.44. The summed E-state index contributed by atoms with van der Waals surface area (Å²) in [5, 5.41) is 10.8. The van der Waals surface area contributed by atoms with Gasteiger partial charge in [0.1, 0.15) is 0 Å². The molecule has 6 nitrogen and oxygen atoms in total. The van der Waals surface area contributed by atoms with Gasteiger partial charge < -0.3 is 19.8 Å². The normalized spacial score (nSPS) is 22.0. The van der Waals surface area contributed by atoms with E-state index in [1.807, 2.05) is 0 Å². The molecule has 1 fully saturated rings. The summed E-state index contributed by atoms with van der Waals surface area (Å²) in [4.78, 5) is 14.2. The van der Waals surface area contributed by atoms with Crippen LogP contribution in [0, 0.1) is 10.1 Å². The van der Waals surface area contributed by atoms with E-state index in [-0.39, 0.29) is 18.2 Å². The molecular formula is C11H9F4N3O3. The number of nitro groups is 1. The Morgan fingerprint density at radius 2 is 1.90 bits per heavy atom. The molecular weight excluding hydrogens is 298 g/mol. The van der Waals surface area contributed by atoms with Gasteiger partial charge in [0.05, 0.1) is 19.7 Å². The third-order valence-corrected chi connectivity index (χ3v) is 3.44. The summed E-state index contributed by atoms with van der Waals surface area (Å²) < 4.78 is 58.3. The summed E-state index contributed by atoms with van der Waals surface area (Å²) in [6.07, 6.45) is 0.340. The fraction of sp³-hybridized carbons (Fsp3) is 0.545. The molecule has 0 amide bonds. The van der Waals surface area contributed by atoms with E-state index in [1.54, 1.807) is 0 Å². The number of hydrogen-bond acceptors (Lipinski definition) is 5. The highest BCUT2D eigenvalue weighted by atomic mass is 19.3. The maximum Gasteiger partial charge on any atom is 0.366 e. The molecule has 3 heterocycles. The first kappa shape index (κ1) is 13.8. The first-order chi connectivity index (χ1) is 9.71. The minimum Gasteiger partial charge on any atom is -0.487 e. The van der Waals surface area contributed by atoms with Crippen molar-refractivity contribution in [2.45, 2.75) is 18.3 Å². The zero-order chi connectivity index (χ0) is 15.4. The molecule has 0 saturated carbocycles. The number of rotatable bonds is 2. The van der Waals surface area contributed by atoms with Gasteiger partial charge in [-0.1, -0.05) is 0 Å². The molecule has 0 bridgehead atoms. The van der Waals surface area contributed by atoms with Crippen molar-refractivity contribution >= 4 is 11.6 Å². The Labute approximate surface area is 115 Å². The second-order valence-electron chi connectivity index (χ2n) is 4.91. The van der Waals surface area contributed by atoms with Crippen molar-refractivity contribution in [3.05, 3.63) is 21.7 Å². The van der Waals surface area contributed by atoms with Gasteiger partial charge in [-0.2, -0.15) is 17.6 Å². The Bertz CT molecular complexity index is 607. The summed E-state index contributed by atoms with van der Waals surface area (Å²) in [5.74, 6) is -9.27. The molecule has 2 aliphatic rings. The van der Waals surface area contributed by atoms with E-state index in [0.717, 1.165) is 6.07 Å². The monoisotopic (exact) mass is 307 g/mol. The van der Waals surface area contributed by atoms with Crippen molar-refractivity contribution in [1.82, 2.24) is 4.98 Å². The van der Waals surface area contributed by atoms with E-state index in [4.69, 9.17) is 4.74 Å². The smallest absolute Gasteiger partial charge is 0.366 e. The summed E-state index contributed by atoms with van der Waals surface area (Å²) in [5.41, 5.74) is 0.408. The predicted molar refractivity (Wildman–Crippen MR) is 62.2 cm³/mol. The Morgan fingerprint density at radius 3 is 2.48 bits per heavy atom. The van der Waals surface area contributed by atoms with Gasteiger partial charge in [-0.3, -0.25) is 0 Å². The SMILES string of the molecule is O=[N+]([O-])c1cc2c(c(N3CC(F)(F)C(F)(F)C3)n1)OCC2. The van der Waals surface area contributed by atoms with Gasteiger partial charge in [-0.15, -0.1) is 0 Å². The molecule has 0 aliphatic carbocycles. The number of ether oxygens (including phenoxy) is 1. The van der Waals surface area contributed by atoms with E-state index < -0.39 is 35.7 Å². The molecule has 1 aromatic heterocycles. The molecule has 1 aromatic rings. The second kappa shape index (κ2) is 4.18. The van der Waals surface area contributed by atoms with Crippen LogP contribution in [0.5, 0.6) is 5.75 Å². The number of anilines is 1. The molecule has 0 spiro atoms. The lowest BCUT2D eigenvalue weighted by Gasteiger charge is -2.14. The molecule has 21 heavy (non-hydrogen) atoms. The molecule has 0 unspecified atom stereocenters. The topological polar surface area (TPSA) is 68.5 Å². The first-order valence-corrected chi connectivity index (χ1v) is 6.03. The number of fused-ring (bicyclic) bond motifs is 1. The number of pyridine rings is 1. The first-order valence-electron chi connectivity index (χ1n) is 6.03. The number of alkyl halides is 4. The fourth-order valence-corrected chi connectivity index (χ4v) is 2.39. The van der Waals surface area contributed by atoms with E-state index in [2.05, 4.69) is 4.98 Å². The molecule has 10 heteroatoms. The Kier molecular flexibility index (Phi) is 2.76. The van der Waals surface area contributed by atoms with Crippen molar-refractivity contribution in [3.63, 3.8) is 0 Å². The Hall–Kier alpha value is -2.13. The molecule has 3 rings (SSSR count). The van der Waals surface area contributed by atoms with Gasteiger partial charge in [0.15, 0.2) is 5.75 Å². The van der Waals surface area contributed by atoms with Gasteiger partial charge >= 0.3 is 17.7 Å². The minimum absolute atomic E-state index is 0.0640. The highest BCUT2D eigenvalue weighted by molar-refractivity contribution is 5.62. The molecule has 0 radical (unpaired) electrons. The van der Waals surface area contributed by atoms with Crippen LogP contribution in [0.4, 0.5) is 29.2 Å². The third kappa shape index (κ3) is 2.05. The summed E-state index contributed by atoms with van der Waals surface area (Å²) in [7, 11) is 0. The Morgan fingerprint density at radius 1 is 1.29 bits per heavy atom. The van der Waals surface area contributed by atoms with Crippen LogP contribution < -0.4 is 9.64 Å². The standard InChI is InChI=1S/C11H9F4N3O3/c12-10(13)4-17(5-11(10,14)15)9-8-6(1-2-21-8)3-7(16-9)18(19)20/h3H,1-2,4-5H2. The predicted octanol–water partition coefficient (Wildman–Crippen LogP) is 2.02. The lowest BCUT2D eigenvalue weighted by Crippen LogP contribution is -2.38. The van der Waals surface area contributed by atoms with E-state index >= 15 is 0 Å². The van der Waals surface area contributed by atoms with Gasteiger partial charge in [-0.25, -0.2) is 0 Å². The van der Waals surface area contributed by atoms with Crippen LogP contribution in [0.2, 0.25) is 0 Å². The number of halogens is 4. The number of hydrogen-bond donors (Lipinski definition) is 0. The highest BCUT2D eigenvalue weighted by Gasteiger charge is 2.64. The summed E-state index contributed by atoms with van der Waals surface area (Å²) in [6, 6.07) is 1.16. The molecule has 114 valence electrons. The van der Waals surface area contributed by atoms with Crippen molar-refractivity contribution < 1.29 is 27.2 Å². The minimum atomic E-state index is -4.22. The maximum absolute atomic E-state index is 13.3. The second-order valence-corrected chi connectivity index (χ2v) is 4.91. The molecule has 2 aliphatic heterocycles. The highest BCUT2D eigenvalue weighted by Crippen LogP contribution is 2.46. The van der Waals surface area contributed by atoms with Crippen LogP contribution in [-0.2, 0) is 6.42 Å². The quantitative estimate of drug-likeness (QED) is 0.475. The van der Waals surface area contributed by atoms with Gasteiger partial charge in [0, 0.05) is 18.1 Å². The van der Waals surface area contributed by atoms with E-state index in [1.165, 1.54) is 0 Å². The zero-order valence-corrected chi connectivity index (χ0v) is 10.5. The van der Waals surface area contributed by atoms with E-state index in [9.17, 15) is 27.7 Å². The Balaban J connectivity index is 2.05. The summed E-state index contributed by atoms with van der Waals surface area (Å²) >= 11 is 0. The fourth-order valence-electron chi connectivity index (χ4n) is 2.39. The van der Waals surface area contributed by atoms with Gasteiger partial charge in [-0.05, 0) is 9.91 Å². The zero-order valence-electron chi connectivity index (χ0n) is 10.5. The average Bonchev–Trinajstić information content (AvgIpc) is 2.90. The van der Waals surface area contributed by atoms with Crippen LogP contribution >= 0.6 is 0 Å².